The summed E-state index contributed by atoms with van der Waals surface area (Å²) in [7, 11) is 0. The van der Waals surface area contributed by atoms with Crippen LogP contribution >= 0.6 is 12.2 Å². The molecule has 0 aromatic carbocycles. The van der Waals surface area contributed by atoms with Crippen LogP contribution in [0.1, 0.15) is 51.3 Å². The van der Waals surface area contributed by atoms with E-state index in [1.54, 1.807) is 0 Å². The molecule has 1 N–H and O–H groups in total. The molecule has 4 heteroatoms. The number of aromatic nitrogens is 3. The largest absolute Gasteiger partial charge is 0.329 e. The number of pyridine rings is 1. The predicted octanol–water partition coefficient (Wildman–Crippen LogP) is 4.54. The molecule has 2 aromatic rings. The lowest BCUT2D eigenvalue weighted by Gasteiger charge is -2.13. The van der Waals surface area contributed by atoms with Crippen molar-refractivity contribution in [2.45, 2.75) is 52.5 Å². The van der Waals surface area contributed by atoms with E-state index in [2.05, 4.69) is 34.4 Å². The average molecular weight is 263 g/mol. The molecule has 0 saturated carbocycles. The standard InChI is InChI=1S/C14H21N3S/c1-4-5-6-7-11(3)17-13-12(16-14(17)18)9-8-10(2)15-13/h8-9,11H,4-7H2,1-3H3,(H,16,18). The first-order valence-corrected chi connectivity index (χ1v) is 7.12. The van der Waals surface area contributed by atoms with Crippen LogP contribution in [0.3, 0.4) is 0 Å². The highest BCUT2D eigenvalue weighted by molar-refractivity contribution is 7.71. The minimum Gasteiger partial charge on any atom is -0.329 e. The van der Waals surface area contributed by atoms with Crippen LogP contribution in [0.5, 0.6) is 0 Å². The van der Waals surface area contributed by atoms with Crippen LogP contribution in [0.15, 0.2) is 12.1 Å². The Morgan fingerprint density at radius 2 is 2.17 bits per heavy atom. The molecule has 0 aliphatic rings. The highest BCUT2D eigenvalue weighted by Gasteiger charge is 2.11. The molecule has 0 amide bonds. The van der Waals surface area contributed by atoms with Crippen molar-refractivity contribution in [3.63, 3.8) is 0 Å². The maximum absolute atomic E-state index is 5.42. The van der Waals surface area contributed by atoms with Crippen molar-refractivity contribution in [1.29, 1.82) is 0 Å². The third-order valence-corrected chi connectivity index (χ3v) is 3.67. The van der Waals surface area contributed by atoms with Gasteiger partial charge in [0.25, 0.3) is 0 Å². The van der Waals surface area contributed by atoms with Crippen molar-refractivity contribution in [3.8, 4) is 0 Å². The summed E-state index contributed by atoms with van der Waals surface area (Å²) >= 11 is 5.42. The van der Waals surface area contributed by atoms with E-state index in [4.69, 9.17) is 12.2 Å². The Morgan fingerprint density at radius 1 is 1.39 bits per heavy atom. The van der Waals surface area contributed by atoms with E-state index in [1.165, 1.54) is 19.3 Å². The first-order chi connectivity index (χ1) is 8.63. The second-order valence-electron chi connectivity index (χ2n) is 4.97. The SMILES string of the molecule is CCCCCC(C)n1c(=S)[nH]c2ccc(C)nc21. The van der Waals surface area contributed by atoms with Gasteiger partial charge >= 0.3 is 0 Å². The van der Waals surface area contributed by atoms with Gasteiger partial charge in [-0.25, -0.2) is 4.98 Å². The predicted molar refractivity (Wildman–Crippen MR) is 78.5 cm³/mol. The van der Waals surface area contributed by atoms with Crippen molar-refractivity contribution in [1.82, 2.24) is 14.5 Å². The number of hydrogen-bond acceptors (Lipinski definition) is 2. The zero-order valence-electron chi connectivity index (χ0n) is 11.4. The second-order valence-corrected chi connectivity index (χ2v) is 5.36. The summed E-state index contributed by atoms with van der Waals surface area (Å²) < 4.78 is 2.94. The number of hydrogen-bond donors (Lipinski definition) is 1. The number of H-pyrrole nitrogens is 1. The van der Waals surface area contributed by atoms with Gasteiger partial charge < -0.3 is 4.98 Å². The molecule has 0 fully saturated rings. The topological polar surface area (TPSA) is 33.6 Å². The lowest BCUT2D eigenvalue weighted by atomic mass is 10.1. The molecule has 3 nitrogen and oxygen atoms in total. The van der Waals surface area contributed by atoms with Gasteiger partial charge in [-0.1, -0.05) is 26.2 Å². The maximum atomic E-state index is 5.42. The third-order valence-electron chi connectivity index (χ3n) is 3.37. The van der Waals surface area contributed by atoms with Gasteiger partial charge in [0.1, 0.15) is 0 Å². The molecule has 0 spiro atoms. The Labute approximate surface area is 113 Å². The van der Waals surface area contributed by atoms with Gasteiger partial charge in [0.2, 0.25) is 0 Å². The van der Waals surface area contributed by atoms with Gasteiger partial charge in [0.15, 0.2) is 10.4 Å². The number of nitrogens with one attached hydrogen (secondary N) is 1. The van der Waals surface area contributed by atoms with E-state index in [1.807, 2.05) is 13.0 Å². The van der Waals surface area contributed by atoms with E-state index in [0.29, 0.717) is 6.04 Å². The fourth-order valence-corrected chi connectivity index (χ4v) is 2.70. The summed E-state index contributed by atoms with van der Waals surface area (Å²) in [5.74, 6) is 0. The molecular formula is C14H21N3S. The second kappa shape index (κ2) is 5.65. The third kappa shape index (κ3) is 2.64. The molecule has 1 unspecified atom stereocenters. The zero-order chi connectivity index (χ0) is 13.1. The monoisotopic (exact) mass is 263 g/mol. The van der Waals surface area contributed by atoms with Crippen LogP contribution in [0.4, 0.5) is 0 Å². The highest BCUT2D eigenvalue weighted by Crippen LogP contribution is 2.21. The Hall–Kier alpha value is -1.16. The highest BCUT2D eigenvalue weighted by atomic mass is 32.1. The van der Waals surface area contributed by atoms with Gasteiger partial charge in [0, 0.05) is 11.7 Å². The van der Waals surface area contributed by atoms with Crippen LogP contribution in [0, 0.1) is 11.7 Å². The minimum atomic E-state index is 0.409. The lowest BCUT2D eigenvalue weighted by Crippen LogP contribution is -2.06. The van der Waals surface area contributed by atoms with Crippen molar-refractivity contribution < 1.29 is 0 Å². The Balaban J connectivity index is 2.34. The van der Waals surface area contributed by atoms with E-state index >= 15 is 0 Å². The van der Waals surface area contributed by atoms with Crippen molar-refractivity contribution >= 4 is 23.4 Å². The molecule has 2 aromatic heterocycles. The number of aryl methyl sites for hydroxylation is 1. The molecule has 1 atom stereocenters. The van der Waals surface area contributed by atoms with Crippen LogP contribution in [-0.2, 0) is 0 Å². The summed E-state index contributed by atoms with van der Waals surface area (Å²) in [6.45, 7) is 6.47. The van der Waals surface area contributed by atoms with Crippen LogP contribution in [0.2, 0.25) is 0 Å². The summed E-state index contributed by atoms with van der Waals surface area (Å²) in [6.07, 6.45) is 4.94. The molecule has 0 radical (unpaired) electrons. The summed E-state index contributed by atoms with van der Waals surface area (Å²) in [4.78, 5) is 7.85. The molecule has 2 heterocycles. The van der Waals surface area contributed by atoms with E-state index in [9.17, 15) is 0 Å². The molecule has 98 valence electrons. The van der Waals surface area contributed by atoms with Gasteiger partial charge in [0.05, 0.1) is 5.52 Å². The van der Waals surface area contributed by atoms with Gasteiger partial charge in [-0.3, -0.25) is 4.57 Å². The van der Waals surface area contributed by atoms with Crippen molar-refractivity contribution in [2.75, 3.05) is 0 Å². The minimum absolute atomic E-state index is 0.409. The number of rotatable bonds is 5. The average Bonchev–Trinajstić information content (AvgIpc) is 2.64. The van der Waals surface area contributed by atoms with Crippen LogP contribution in [-0.4, -0.2) is 14.5 Å². The van der Waals surface area contributed by atoms with E-state index < -0.39 is 0 Å². The van der Waals surface area contributed by atoms with E-state index in [-0.39, 0.29) is 0 Å². The molecular weight excluding hydrogens is 242 g/mol. The number of imidazole rings is 1. The van der Waals surface area contributed by atoms with Crippen molar-refractivity contribution in [2.24, 2.45) is 0 Å². The molecule has 0 aliphatic heterocycles. The van der Waals surface area contributed by atoms with Crippen molar-refractivity contribution in [3.05, 3.63) is 22.6 Å². The zero-order valence-corrected chi connectivity index (χ0v) is 12.2. The fourth-order valence-electron chi connectivity index (χ4n) is 2.32. The molecule has 0 aliphatic carbocycles. The Bertz CT molecular complexity index is 582. The summed E-state index contributed by atoms with van der Waals surface area (Å²) in [6, 6.07) is 4.48. The van der Waals surface area contributed by atoms with Gasteiger partial charge in [-0.05, 0) is 44.6 Å². The molecule has 2 rings (SSSR count). The van der Waals surface area contributed by atoms with Crippen LogP contribution in [0.25, 0.3) is 11.2 Å². The number of fused-ring (bicyclic) bond motifs is 1. The first-order valence-electron chi connectivity index (χ1n) is 6.71. The number of nitrogens with zero attached hydrogens (tertiary/aromatic N) is 2. The first kappa shape index (κ1) is 13.3. The fraction of sp³-hybridized carbons (Fsp3) is 0.571. The summed E-state index contributed by atoms with van der Waals surface area (Å²) in [5, 5.41) is 0. The Morgan fingerprint density at radius 3 is 2.89 bits per heavy atom. The van der Waals surface area contributed by atoms with Crippen LogP contribution < -0.4 is 0 Å². The van der Waals surface area contributed by atoms with Gasteiger partial charge in [-0.15, -0.1) is 0 Å². The number of aromatic amines is 1. The molecule has 0 bridgehead atoms. The van der Waals surface area contributed by atoms with Gasteiger partial charge in [-0.2, -0.15) is 0 Å². The number of unbranched alkanes of at least 4 members (excludes halogenated alkanes) is 2. The smallest absolute Gasteiger partial charge is 0.179 e. The molecule has 0 saturated heterocycles. The maximum Gasteiger partial charge on any atom is 0.179 e. The normalized spacial score (nSPS) is 13.1. The van der Waals surface area contributed by atoms with E-state index in [0.717, 1.165) is 28.0 Å². The molecule has 18 heavy (non-hydrogen) atoms. The summed E-state index contributed by atoms with van der Waals surface area (Å²) in [5.41, 5.74) is 3.06. The lowest BCUT2D eigenvalue weighted by molar-refractivity contribution is 0.481. The quantitative estimate of drug-likeness (QED) is 0.634. The Kier molecular flexibility index (Phi) is 4.17.